The highest BCUT2D eigenvalue weighted by Crippen LogP contribution is 2.24. The van der Waals surface area contributed by atoms with Gasteiger partial charge in [-0.15, -0.1) is 0 Å². The van der Waals surface area contributed by atoms with Crippen molar-refractivity contribution in [2.45, 2.75) is 19.4 Å². The zero-order chi connectivity index (χ0) is 13.1. The summed E-state index contributed by atoms with van der Waals surface area (Å²) in [4.78, 5) is 0. The molecule has 1 heterocycles. The summed E-state index contributed by atoms with van der Waals surface area (Å²) in [6, 6.07) is 10.2. The predicted molar refractivity (Wildman–Crippen MR) is 72.5 cm³/mol. The van der Waals surface area contributed by atoms with E-state index < -0.39 is 0 Å². The topological polar surface area (TPSA) is 53.1 Å². The normalized spacial score (nSPS) is 12.4. The van der Waals surface area contributed by atoms with Crippen molar-refractivity contribution < 1.29 is 4.74 Å². The van der Waals surface area contributed by atoms with E-state index in [0.717, 1.165) is 29.1 Å². The van der Waals surface area contributed by atoms with Gasteiger partial charge in [0, 0.05) is 25.1 Å². The summed E-state index contributed by atoms with van der Waals surface area (Å²) >= 11 is 0. The highest BCUT2D eigenvalue weighted by molar-refractivity contribution is 5.62. The van der Waals surface area contributed by atoms with Gasteiger partial charge < -0.3 is 10.5 Å². The van der Waals surface area contributed by atoms with E-state index in [2.05, 4.69) is 17.2 Å². The van der Waals surface area contributed by atoms with E-state index in [1.165, 1.54) is 0 Å². The van der Waals surface area contributed by atoms with Crippen LogP contribution in [0.5, 0.6) is 5.75 Å². The molecule has 0 radical (unpaired) electrons. The maximum Gasteiger partial charge on any atom is 0.119 e. The number of rotatable bonds is 4. The minimum absolute atomic E-state index is 0.123. The number of methoxy groups -OCH3 is 1. The van der Waals surface area contributed by atoms with Crippen molar-refractivity contribution in [3.8, 4) is 17.0 Å². The molecule has 2 aromatic rings. The zero-order valence-electron chi connectivity index (χ0n) is 11.1. The number of aryl methyl sites for hydroxylation is 1. The van der Waals surface area contributed by atoms with E-state index in [0.29, 0.717) is 0 Å². The molecule has 0 aliphatic heterocycles. The average molecular weight is 245 g/mol. The molecule has 0 fully saturated rings. The fraction of sp³-hybridized carbons (Fsp3) is 0.357. The van der Waals surface area contributed by atoms with E-state index in [1.54, 1.807) is 7.11 Å². The van der Waals surface area contributed by atoms with Crippen LogP contribution in [0.2, 0.25) is 0 Å². The van der Waals surface area contributed by atoms with Gasteiger partial charge in [0.25, 0.3) is 0 Å². The van der Waals surface area contributed by atoms with Crippen LogP contribution in [-0.2, 0) is 13.5 Å². The molecule has 0 spiro atoms. The van der Waals surface area contributed by atoms with Gasteiger partial charge in [0.05, 0.1) is 18.5 Å². The van der Waals surface area contributed by atoms with Gasteiger partial charge in [-0.3, -0.25) is 4.68 Å². The van der Waals surface area contributed by atoms with Crippen molar-refractivity contribution in [3.05, 3.63) is 36.0 Å². The van der Waals surface area contributed by atoms with Gasteiger partial charge in [0.2, 0.25) is 0 Å². The van der Waals surface area contributed by atoms with Crippen molar-refractivity contribution in [2.75, 3.05) is 7.11 Å². The summed E-state index contributed by atoms with van der Waals surface area (Å²) in [6.45, 7) is 1.99. The van der Waals surface area contributed by atoms with Crippen LogP contribution in [0.4, 0.5) is 0 Å². The lowest BCUT2D eigenvalue weighted by Crippen LogP contribution is -2.18. The maximum atomic E-state index is 5.80. The Balaban J connectivity index is 2.34. The highest BCUT2D eigenvalue weighted by Gasteiger charge is 2.09. The Bertz CT molecular complexity index is 532. The molecule has 0 amide bonds. The van der Waals surface area contributed by atoms with Crippen LogP contribution < -0.4 is 10.5 Å². The lowest BCUT2D eigenvalue weighted by molar-refractivity contribution is 0.415. The molecule has 0 aliphatic rings. The van der Waals surface area contributed by atoms with Crippen LogP contribution in [0.3, 0.4) is 0 Å². The SMILES string of the molecule is COc1cccc(-c2cc(CC(C)N)nn2C)c1. The van der Waals surface area contributed by atoms with Crippen LogP contribution in [0.1, 0.15) is 12.6 Å². The minimum Gasteiger partial charge on any atom is -0.497 e. The third kappa shape index (κ3) is 2.71. The summed E-state index contributed by atoms with van der Waals surface area (Å²) in [5.74, 6) is 0.849. The number of hydrogen-bond donors (Lipinski definition) is 1. The van der Waals surface area contributed by atoms with Gasteiger partial charge in [-0.2, -0.15) is 5.10 Å². The molecule has 1 aromatic heterocycles. The van der Waals surface area contributed by atoms with Crippen LogP contribution in [-0.4, -0.2) is 22.9 Å². The molecular weight excluding hydrogens is 226 g/mol. The molecule has 2 N–H and O–H groups in total. The Morgan fingerprint density at radius 1 is 1.39 bits per heavy atom. The van der Waals surface area contributed by atoms with Gasteiger partial charge in [0.15, 0.2) is 0 Å². The quantitative estimate of drug-likeness (QED) is 0.896. The minimum atomic E-state index is 0.123. The van der Waals surface area contributed by atoms with Crippen molar-refractivity contribution >= 4 is 0 Å². The first-order valence-electron chi connectivity index (χ1n) is 6.03. The molecule has 0 aliphatic carbocycles. The van der Waals surface area contributed by atoms with Crippen LogP contribution >= 0.6 is 0 Å². The third-order valence-electron chi connectivity index (χ3n) is 2.83. The van der Waals surface area contributed by atoms with Gasteiger partial charge in [-0.25, -0.2) is 0 Å². The number of hydrogen-bond acceptors (Lipinski definition) is 3. The fourth-order valence-electron chi connectivity index (χ4n) is 2.01. The molecule has 2 rings (SSSR count). The zero-order valence-corrected chi connectivity index (χ0v) is 11.1. The lowest BCUT2D eigenvalue weighted by atomic mass is 10.1. The van der Waals surface area contributed by atoms with E-state index >= 15 is 0 Å². The number of benzene rings is 1. The van der Waals surface area contributed by atoms with Crippen LogP contribution in [0.15, 0.2) is 30.3 Å². The molecule has 0 bridgehead atoms. The fourth-order valence-corrected chi connectivity index (χ4v) is 2.01. The van der Waals surface area contributed by atoms with Gasteiger partial charge in [-0.05, 0) is 25.1 Å². The first-order chi connectivity index (χ1) is 8.60. The summed E-state index contributed by atoms with van der Waals surface area (Å²) in [5.41, 5.74) is 8.99. The lowest BCUT2D eigenvalue weighted by Gasteiger charge is -2.04. The molecule has 0 saturated carbocycles. The second-order valence-corrected chi connectivity index (χ2v) is 4.56. The summed E-state index contributed by atoms with van der Waals surface area (Å²) < 4.78 is 7.12. The van der Waals surface area contributed by atoms with Crippen molar-refractivity contribution in [2.24, 2.45) is 12.8 Å². The van der Waals surface area contributed by atoms with Gasteiger partial charge >= 0.3 is 0 Å². The molecule has 4 heteroatoms. The molecule has 18 heavy (non-hydrogen) atoms. The first-order valence-corrected chi connectivity index (χ1v) is 6.03. The number of nitrogens with zero attached hydrogens (tertiary/aromatic N) is 2. The molecule has 1 atom stereocenters. The Kier molecular flexibility index (Phi) is 3.67. The van der Waals surface area contributed by atoms with E-state index in [4.69, 9.17) is 10.5 Å². The molecule has 1 unspecified atom stereocenters. The van der Waals surface area contributed by atoms with Crippen molar-refractivity contribution in [3.63, 3.8) is 0 Å². The second-order valence-electron chi connectivity index (χ2n) is 4.56. The molecule has 0 saturated heterocycles. The van der Waals surface area contributed by atoms with Crippen molar-refractivity contribution in [1.82, 2.24) is 9.78 Å². The molecular formula is C14H19N3O. The van der Waals surface area contributed by atoms with E-state index in [1.807, 2.05) is 36.9 Å². The first kappa shape index (κ1) is 12.6. The molecule has 1 aromatic carbocycles. The summed E-state index contributed by atoms with van der Waals surface area (Å²) in [7, 11) is 3.61. The van der Waals surface area contributed by atoms with Crippen molar-refractivity contribution in [1.29, 1.82) is 0 Å². The number of nitrogens with two attached hydrogens (primary N) is 1. The second kappa shape index (κ2) is 5.23. The smallest absolute Gasteiger partial charge is 0.119 e. The Morgan fingerprint density at radius 3 is 2.83 bits per heavy atom. The Hall–Kier alpha value is -1.81. The number of ether oxygens (including phenoxy) is 1. The predicted octanol–water partition coefficient (Wildman–Crippen LogP) is 1.99. The van der Waals surface area contributed by atoms with Gasteiger partial charge in [-0.1, -0.05) is 12.1 Å². The van der Waals surface area contributed by atoms with E-state index in [-0.39, 0.29) is 6.04 Å². The number of aromatic nitrogens is 2. The maximum absolute atomic E-state index is 5.80. The largest absolute Gasteiger partial charge is 0.497 e. The van der Waals surface area contributed by atoms with Gasteiger partial charge in [0.1, 0.15) is 5.75 Å². The average Bonchev–Trinajstić information content (AvgIpc) is 2.69. The van der Waals surface area contributed by atoms with Crippen LogP contribution in [0, 0.1) is 0 Å². The Morgan fingerprint density at radius 2 is 2.17 bits per heavy atom. The third-order valence-corrected chi connectivity index (χ3v) is 2.83. The highest BCUT2D eigenvalue weighted by atomic mass is 16.5. The van der Waals surface area contributed by atoms with E-state index in [9.17, 15) is 0 Å². The van der Waals surface area contributed by atoms with Crippen LogP contribution in [0.25, 0.3) is 11.3 Å². The monoisotopic (exact) mass is 245 g/mol. The Labute approximate surface area is 107 Å². The summed E-state index contributed by atoms with van der Waals surface area (Å²) in [5, 5.41) is 4.48. The molecule has 96 valence electrons. The standard InChI is InChI=1S/C14H19N3O/c1-10(15)7-12-9-14(17(2)16-12)11-5-4-6-13(8-11)18-3/h4-6,8-10H,7,15H2,1-3H3. The summed E-state index contributed by atoms with van der Waals surface area (Å²) in [6.07, 6.45) is 0.789. The molecule has 4 nitrogen and oxygen atoms in total.